The molecule has 1 fully saturated rings. The Balaban J connectivity index is 2.05. The number of carbonyl (C=O) groups excluding carboxylic acids is 1. The van der Waals surface area contributed by atoms with Crippen LogP contribution in [0.1, 0.15) is 35.4 Å². The van der Waals surface area contributed by atoms with Crippen LogP contribution in [0.3, 0.4) is 0 Å². The van der Waals surface area contributed by atoms with E-state index in [9.17, 15) is 9.90 Å². The highest BCUT2D eigenvalue weighted by Gasteiger charge is 2.26. The minimum atomic E-state index is -0.501. The summed E-state index contributed by atoms with van der Waals surface area (Å²) in [6, 6.07) is 7.12. The fourth-order valence-electron chi connectivity index (χ4n) is 2.19. The van der Waals surface area contributed by atoms with Crippen molar-refractivity contribution in [3.8, 4) is 0 Å². The molecule has 2 atom stereocenters. The highest BCUT2D eigenvalue weighted by Crippen LogP contribution is 2.17. The Hall–Kier alpha value is -1.39. The number of carbonyl (C=O) groups is 1. The quantitative estimate of drug-likeness (QED) is 0.885. The monoisotopic (exact) mass is 249 g/mol. The lowest BCUT2D eigenvalue weighted by Crippen LogP contribution is -2.29. The molecule has 1 aliphatic rings. The molecule has 0 radical (unpaired) electrons. The molecule has 1 aliphatic heterocycles. The van der Waals surface area contributed by atoms with Gasteiger partial charge in [-0.2, -0.15) is 0 Å². The van der Waals surface area contributed by atoms with Gasteiger partial charge in [0.15, 0.2) is 0 Å². The van der Waals surface area contributed by atoms with Gasteiger partial charge in [-0.05, 0) is 31.0 Å². The molecule has 0 spiro atoms. The molecule has 4 nitrogen and oxygen atoms in total. The summed E-state index contributed by atoms with van der Waals surface area (Å²) in [6.45, 7) is 3.11. The van der Waals surface area contributed by atoms with Crippen LogP contribution in [0.15, 0.2) is 24.3 Å². The van der Waals surface area contributed by atoms with Gasteiger partial charge in [0, 0.05) is 25.8 Å². The van der Waals surface area contributed by atoms with Gasteiger partial charge in [0.2, 0.25) is 0 Å². The van der Waals surface area contributed by atoms with Crippen molar-refractivity contribution in [3.63, 3.8) is 0 Å². The summed E-state index contributed by atoms with van der Waals surface area (Å²) in [6.07, 6.45) is 0.554. The van der Waals surface area contributed by atoms with Crippen LogP contribution in [0, 0.1) is 0 Å². The van der Waals surface area contributed by atoms with E-state index in [1.165, 1.54) is 0 Å². The molecule has 0 aliphatic carbocycles. The van der Waals surface area contributed by atoms with Gasteiger partial charge in [-0.15, -0.1) is 0 Å². The summed E-state index contributed by atoms with van der Waals surface area (Å²) < 4.78 is 5.25. The Kier molecular flexibility index (Phi) is 3.99. The zero-order valence-electron chi connectivity index (χ0n) is 10.8. The van der Waals surface area contributed by atoms with Gasteiger partial charge in [0.1, 0.15) is 0 Å². The zero-order valence-corrected chi connectivity index (χ0v) is 10.8. The fourth-order valence-corrected chi connectivity index (χ4v) is 2.19. The molecule has 1 saturated heterocycles. The molecule has 1 amide bonds. The third-order valence-corrected chi connectivity index (χ3v) is 3.41. The van der Waals surface area contributed by atoms with Crippen LogP contribution in [0.25, 0.3) is 0 Å². The Morgan fingerprint density at radius 3 is 2.61 bits per heavy atom. The van der Waals surface area contributed by atoms with E-state index >= 15 is 0 Å². The molecule has 4 heteroatoms. The van der Waals surface area contributed by atoms with Crippen molar-refractivity contribution in [1.29, 1.82) is 0 Å². The van der Waals surface area contributed by atoms with Crippen molar-refractivity contribution in [2.75, 3.05) is 20.2 Å². The van der Waals surface area contributed by atoms with Crippen LogP contribution in [-0.2, 0) is 4.74 Å². The number of rotatable bonds is 3. The van der Waals surface area contributed by atoms with Crippen LogP contribution < -0.4 is 0 Å². The minimum absolute atomic E-state index is 0.0340. The predicted molar refractivity (Wildman–Crippen MR) is 68.4 cm³/mol. The van der Waals surface area contributed by atoms with E-state index in [1.807, 2.05) is 4.90 Å². The van der Waals surface area contributed by atoms with Crippen LogP contribution in [0.2, 0.25) is 0 Å². The molecule has 0 saturated carbocycles. The maximum Gasteiger partial charge on any atom is 0.253 e. The lowest BCUT2D eigenvalue weighted by atomic mass is 10.1. The zero-order chi connectivity index (χ0) is 13.1. The van der Waals surface area contributed by atoms with Gasteiger partial charge in [-0.25, -0.2) is 0 Å². The summed E-state index contributed by atoms with van der Waals surface area (Å²) in [5.74, 6) is 0.0340. The number of likely N-dealkylation sites (tertiary alicyclic amines) is 1. The van der Waals surface area contributed by atoms with Crippen LogP contribution >= 0.6 is 0 Å². The topological polar surface area (TPSA) is 49.8 Å². The summed E-state index contributed by atoms with van der Waals surface area (Å²) in [4.78, 5) is 14.0. The van der Waals surface area contributed by atoms with Crippen LogP contribution in [0.5, 0.6) is 0 Å². The second kappa shape index (κ2) is 5.50. The standard InChI is InChI=1S/C14H19NO3/c1-10(16)11-3-5-12(6-4-11)14(17)15-8-7-13(9-15)18-2/h3-6,10,13,16H,7-9H2,1-2H3. The number of ether oxygens (including phenoxy) is 1. The maximum atomic E-state index is 12.2. The number of amides is 1. The molecule has 1 aromatic carbocycles. The largest absolute Gasteiger partial charge is 0.389 e. The molecule has 0 bridgehead atoms. The number of hydrogen-bond acceptors (Lipinski definition) is 3. The molecular weight excluding hydrogens is 230 g/mol. The Morgan fingerprint density at radius 1 is 1.44 bits per heavy atom. The third-order valence-electron chi connectivity index (χ3n) is 3.41. The average molecular weight is 249 g/mol. The van der Waals surface area contributed by atoms with E-state index < -0.39 is 6.10 Å². The number of aliphatic hydroxyl groups excluding tert-OH is 1. The first-order chi connectivity index (χ1) is 8.61. The van der Waals surface area contributed by atoms with E-state index in [0.29, 0.717) is 12.1 Å². The highest BCUT2D eigenvalue weighted by molar-refractivity contribution is 5.94. The molecular formula is C14H19NO3. The van der Waals surface area contributed by atoms with E-state index in [2.05, 4.69) is 0 Å². The van der Waals surface area contributed by atoms with Crippen LogP contribution in [0.4, 0.5) is 0 Å². The van der Waals surface area contributed by atoms with Gasteiger partial charge < -0.3 is 14.7 Å². The number of nitrogens with zero attached hydrogens (tertiary/aromatic N) is 1. The second-order valence-electron chi connectivity index (χ2n) is 4.70. The molecule has 1 heterocycles. The molecule has 0 aromatic heterocycles. The molecule has 18 heavy (non-hydrogen) atoms. The lowest BCUT2D eigenvalue weighted by molar-refractivity contribution is 0.0724. The smallest absolute Gasteiger partial charge is 0.253 e. The van der Waals surface area contributed by atoms with E-state index in [1.54, 1.807) is 38.3 Å². The summed E-state index contributed by atoms with van der Waals surface area (Å²) in [5, 5.41) is 9.42. The van der Waals surface area contributed by atoms with Crippen molar-refractivity contribution in [2.24, 2.45) is 0 Å². The Morgan fingerprint density at radius 2 is 2.11 bits per heavy atom. The number of methoxy groups -OCH3 is 1. The minimum Gasteiger partial charge on any atom is -0.389 e. The average Bonchev–Trinajstić information content (AvgIpc) is 2.86. The normalized spacial score (nSPS) is 21.1. The molecule has 1 N–H and O–H groups in total. The lowest BCUT2D eigenvalue weighted by Gasteiger charge is -2.16. The van der Waals surface area contributed by atoms with Crippen molar-refractivity contribution in [1.82, 2.24) is 4.90 Å². The van der Waals surface area contributed by atoms with Crippen molar-refractivity contribution < 1.29 is 14.6 Å². The summed E-state index contributed by atoms with van der Waals surface area (Å²) >= 11 is 0. The Bertz CT molecular complexity index is 414. The first-order valence-corrected chi connectivity index (χ1v) is 6.22. The van der Waals surface area contributed by atoms with Gasteiger partial charge in [-0.3, -0.25) is 4.79 Å². The predicted octanol–water partition coefficient (Wildman–Crippen LogP) is 1.60. The van der Waals surface area contributed by atoms with Crippen molar-refractivity contribution >= 4 is 5.91 Å². The fraction of sp³-hybridized carbons (Fsp3) is 0.500. The third kappa shape index (κ3) is 2.71. The van der Waals surface area contributed by atoms with Gasteiger partial charge in [-0.1, -0.05) is 12.1 Å². The van der Waals surface area contributed by atoms with Crippen LogP contribution in [-0.4, -0.2) is 42.2 Å². The Labute approximate surface area is 107 Å². The van der Waals surface area contributed by atoms with E-state index in [0.717, 1.165) is 18.5 Å². The summed E-state index contributed by atoms with van der Waals surface area (Å²) in [5.41, 5.74) is 1.49. The first-order valence-electron chi connectivity index (χ1n) is 6.22. The molecule has 1 aromatic rings. The number of hydrogen-bond donors (Lipinski definition) is 1. The van der Waals surface area contributed by atoms with Gasteiger partial charge >= 0.3 is 0 Å². The molecule has 98 valence electrons. The van der Waals surface area contributed by atoms with Crippen molar-refractivity contribution in [2.45, 2.75) is 25.6 Å². The maximum absolute atomic E-state index is 12.2. The number of benzene rings is 1. The van der Waals surface area contributed by atoms with E-state index in [4.69, 9.17) is 4.74 Å². The van der Waals surface area contributed by atoms with Crippen molar-refractivity contribution in [3.05, 3.63) is 35.4 Å². The summed E-state index contributed by atoms with van der Waals surface area (Å²) in [7, 11) is 1.68. The van der Waals surface area contributed by atoms with Gasteiger partial charge in [0.05, 0.1) is 12.2 Å². The SMILES string of the molecule is COC1CCN(C(=O)c2ccc(C(C)O)cc2)C1. The van der Waals surface area contributed by atoms with E-state index in [-0.39, 0.29) is 12.0 Å². The first kappa shape index (κ1) is 13.1. The van der Waals surface area contributed by atoms with Gasteiger partial charge in [0.25, 0.3) is 5.91 Å². The molecule has 2 rings (SSSR count). The number of aliphatic hydroxyl groups is 1. The second-order valence-corrected chi connectivity index (χ2v) is 4.70. The molecule has 2 unspecified atom stereocenters. The highest BCUT2D eigenvalue weighted by atomic mass is 16.5.